The maximum atomic E-state index is 13.5. The topological polar surface area (TPSA) is 56.3 Å². The van der Waals surface area contributed by atoms with E-state index in [0.29, 0.717) is 0 Å². The zero-order valence-corrected chi connectivity index (χ0v) is 12.3. The fourth-order valence-corrected chi connectivity index (χ4v) is 1.66. The van der Waals surface area contributed by atoms with Crippen molar-refractivity contribution < 1.29 is 69.7 Å². The van der Waals surface area contributed by atoms with Gasteiger partial charge in [-0.15, -0.1) is 0 Å². The molecule has 0 saturated heterocycles. The van der Waals surface area contributed by atoms with Gasteiger partial charge in [0.25, 0.3) is 11.9 Å². The highest BCUT2D eigenvalue weighted by Gasteiger charge is 2.75. The third-order valence-corrected chi connectivity index (χ3v) is 3.43. The highest BCUT2D eigenvalue weighted by Crippen LogP contribution is 2.51. The van der Waals surface area contributed by atoms with E-state index in [1.165, 1.54) is 0 Å². The lowest BCUT2D eigenvalue weighted by Crippen LogP contribution is -2.54. The van der Waals surface area contributed by atoms with Crippen LogP contribution in [0.25, 0.3) is 0 Å². The Morgan fingerprint density at radius 2 is 1.11 bits per heavy atom. The molecule has 0 aliphatic rings. The Bertz CT molecular complexity index is 827. The number of nitrogens with zero attached hydrogens (tertiary/aromatic N) is 1. The molecule has 0 aliphatic heterocycles. The minimum atomic E-state index is -7.74. The van der Waals surface area contributed by atoms with E-state index in [4.69, 9.17) is 0 Å². The molecule has 18 heteroatoms. The maximum absolute atomic E-state index is 13.5. The van der Waals surface area contributed by atoms with Gasteiger partial charge < -0.3 is 0 Å². The zero-order chi connectivity index (χ0) is 21.8. The first-order chi connectivity index (χ1) is 11.7. The second-order valence-electron chi connectivity index (χ2n) is 4.36. The van der Waals surface area contributed by atoms with Crippen LogP contribution in [0.4, 0.5) is 56.6 Å². The lowest BCUT2D eigenvalue weighted by atomic mass is 10.1. The molecule has 0 spiro atoms. The van der Waals surface area contributed by atoms with Crippen molar-refractivity contribution in [3.05, 3.63) is 29.1 Å². The van der Waals surface area contributed by atoms with Gasteiger partial charge in [0.05, 0.1) is 0 Å². The van der Waals surface area contributed by atoms with Gasteiger partial charge in [-0.2, -0.15) is 57.3 Å². The van der Waals surface area contributed by atoms with Crippen molar-refractivity contribution in [2.45, 2.75) is 23.4 Å². The fraction of sp³-hybridized carbons (Fsp3) is 0.444. The predicted molar refractivity (Wildman–Crippen MR) is 53.9 cm³/mol. The number of pyridine rings is 1. The summed E-state index contributed by atoms with van der Waals surface area (Å²) in [4.78, 5) is 1.68. The molecule has 156 valence electrons. The first-order valence-corrected chi connectivity index (χ1v) is 6.95. The molecule has 0 fully saturated rings. The third kappa shape index (κ3) is 3.63. The molecule has 1 aromatic heterocycles. The van der Waals surface area contributed by atoms with Crippen molar-refractivity contribution in [2.75, 3.05) is 0 Å². The number of halogens is 13. The highest BCUT2D eigenvalue weighted by atomic mass is 32.3. The normalized spacial score (nSPS) is 14.6. The van der Waals surface area contributed by atoms with Crippen LogP contribution in [0.5, 0.6) is 0 Å². The summed E-state index contributed by atoms with van der Waals surface area (Å²) >= 11 is 0. The van der Waals surface area contributed by atoms with E-state index in [-0.39, 0.29) is 0 Å². The second-order valence-corrected chi connectivity index (χ2v) is 5.75. The molecular weight excluding hydrogens is 449 g/mol. The van der Waals surface area contributed by atoms with Gasteiger partial charge in [-0.3, -0.25) is 0 Å². The summed E-state index contributed by atoms with van der Waals surface area (Å²) in [7, 11) is -7.74. The number of hydrogen-bond acceptors (Lipinski definition) is 4. The lowest BCUT2D eigenvalue weighted by Gasteiger charge is -2.31. The van der Waals surface area contributed by atoms with Crippen LogP contribution in [0, 0.1) is 23.5 Å². The zero-order valence-electron chi connectivity index (χ0n) is 11.5. The van der Waals surface area contributed by atoms with Crippen LogP contribution in [0.1, 0.15) is 5.56 Å². The number of ether oxygens (including phenoxy) is 1. The van der Waals surface area contributed by atoms with Gasteiger partial charge in [-0.05, 0) is 0 Å². The molecule has 1 heterocycles. The van der Waals surface area contributed by atoms with Crippen LogP contribution in [-0.4, -0.2) is 30.9 Å². The van der Waals surface area contributed by atoms with Gasteiger partial charge in [-0.1, -0.05) is 3.89 Å². The number of rotatable bonds is 6. The lowest BCUT2D eigenvalue weighted by molar-refractivity contribution is -0.460. The van der Waals surface area contributed by atoms with E-state index < -0.39 is 62.7 Å². The highest BCUT2D eigenvalue weighted by molar-refractivity contribution is 7.87. The van der Waals surface area contributed by atoms with Crippen molar-refractivity contribution in [2.24, 2.45) is 0 Å². The molecule has 0 atom stereocenters. The number of hydrogen-bond donors (Lipinski definition) is 0. The van der Waals surface area contributed by atoms with E-state index in [1.54, 1.807) is 9.72 Å². The maximum Gasteiger partial charge on any atom is 0.464 e. The standard InChI is InChI=1S/C9F13NO3S/c10-2-1(3(11)5(13)23-4(2)12)6(14,15)7(16,17)26-8(18,19)9(20,21)27(22,24)25. The molecular formula is C9F13NO3S. The minimum Gasteiger partial charge on any atom is -0.244 e. The first kappa shape index (κ1) is 23.2. The molecule has 0 bridgehead atoms. The van der Waals surface area contributed by atoms with Crippen molar-refractivity contribution in [3.63, 3.8) is 0 Å². The number of aromatic nitrogens is 1. The van der Waals surface area contributed by atoms with Crippen LogP contribution in [0.3, 0.4) is 0 Å². The molecule has 0 aromatic carbocycles. The van der Waals surface area contributed by atoms with Gasteiger partial charge >= 0.3 is 33.6 Å². The molecule has 1 rings (SSSR count). The second kappa shape index (κ2) is 6.35. The molecule has 0 unspecified atom stereocenters. The third-order valence-electron chi connectivity index (χ3n) is 2.58. The molecule has 0 radical (unpaired) electrons. The predicted octanol–water partition coefficient (Wildman–Crippen LogP) is 3.82. The van der Waals surface area contributed by atoms with Gasteiger partial charge in [-0.25, -0.2) is 13.5 Å². The van der Waals surface area contributed by atoms with Gasteiger partial charge in [0.15, 0.2) is 11.6 Å². The minimum absolute atomic E-state index is 1.64. The van der Waals surface area contributed by atoms with Crippen LogP contribution in [0.15, 0.2) is 0 Å². The van der Waals surface area contributed by atoms with E-state index in [9.17, 15) is 65.0 Å². The fourth-order valence-electron chi connectivity index (χ4n) is 1.33. The van der Waals surface area contributed by atoms with Crippen molar-refractivity contribution in [3.8, 4) is 0 Å². The molecule has 27 heavy (non-hydrogen) atoms. The Hall–Kier alpha value is -1.85. The Labute approximate surface area is 138 Å². The molecule has 0 aliphatic carbocycles. The van der Waals surface area contributed by atoms with Crippen LogP contribution in [-0.2, 0) is 20.9 Å². The van der Waals surface area contributed by atoms with E-state index in [1.807, 2.05) is 0 Å². The summed E-state index contributed by atoms with van der Waals surface area (Å²) in [5, 5.41) is -7.18. The van der Waals surface area contributed by atoms with Gasteiger partial charge in [0.2, 0.25) is 0 Å². The first-order valence-electron chi connectivity index (χ1n) is 5.57. The SMILES string of the molecule is O=S(=O)(F)C(F)(F)C(F)(F)OC(F)(F)C(F)(F)c1c(F)c(F)nc(F)c1F. The van der Waals surface area contributed by atoms with Crippen molar-refractivity contribution in [1.82, 2.24) is 4.98 Å². The monoisotopic (exact) mass is 449 g/mol. The summed E-state index contributed by atoms with van der Waals surface area (Å²) in [6.45, 7) is 0. The molecule has 4 nitrogen and oxygen atoms in total. The van der Waals surface area contributed by atoms with E-state index >= 15 is 0 Å². The summed E-state index contributed by atoms with van der Waals surface area (Å²) < 4.78 is 190. The molecule has 0 amide bonds. The Morgan fingerprint density at radius 3 is 1.44 bits per heavy atom. The van der Waals surface area contributed by atoms with Gasteiger partial charge in [0.1, 0.15) is 5.56 Å². The van der Waals surface area contributed by atoms with E-state index in [0.717, 1.165) is 0 Å². The summed E-state index contributed by atoms with van der Waals surface area (Å²) in [5.74, 6) is -19.5. The Morgan fingerprint density at radius 1 is 0.741 bits per heavy atom. The quantitative estimate of drug-likeness (QED) is 0.377. The average molecular weight is 449 g/mol. The van der Waals surface area contributed by atoms with Gasteiger partial charge in [0, 0.05) is 0 Å². The summed E-state index contributed by atoms with van der Waals surface area (Å²) in [6.07, 6.45) is -14.4. The van der Waals surface area contributed by atoms with Crippen molar-refractivity contribution >= 4 is 10.2 Å². The molecule has 0 saturated carbocycles. The van der Waals surface area contributed by atoms with Crippen LogP contribution >= 0.6 is 0 Å². The smallest absolute Gasteiger partial charge is 0.244 e. The largest absolute Gasteiger partial charge is 0.464 e. The molecule has 1 aromatic rings. The summed E-state index contributed by atoms with van der Waals surface area (Å²) in [5.41, 5.74) is -3.61. The average Bonchev–Trinajstić information content (AvgIpc) is 2.42. The van der Waals surface area contributed by atoms with Crippen LogP contribution < -0.4 is 0 Å². The van der Waals surface area contributed by atoms with Crippen molar-refractivity contribution in [1.29, 1.82) is 0 Å². The Balaban J connectivity index is 3.56. The molecule has 0 N–H and O–H groups in total. The summed E-state index contributed by atoms with van der Waals surface area (Å²) in [6, 6.07) is 0. The van der Waals surface area contributed by atoms with E-state index in [2.05, 4.69) is 0 Å². The Kier molecular flexibility index (Phi) is 5.45. The van der Waals surface area contributed by atoms with Crippen LogP contribution in [0.2, 0.25) is 0 Å². The number of alkyl halides is 8.